The van der Waals surface area contributed by atoms with E-state index in [2.05, 4.69) is 15.9 Å². The SMILES string of the molecule is O=C(O)CCn1ccc2ccc(Br)cc2c1=O. The van der Waals surface area contributed by atoms with E-state index in [9.17, 15) is 9.59 Å². The van der Waals surface area contributed by atoms with Crippen molar-refractivity contribution in [3.63, 3.8) is 0 Å². The minimum Gasteiger partial charge on any atom is -0.481 e. The van der Waals surface area contributed by atoms with Crippen LogP contribution in [0.2, 0.25) is 0 Å². The number of pyridine rings is 1. The third kappa shape index (κ3) is 2.55. The maximum absolute atomic E-state index is 12.0. The normalized spacial score (nSPS) is 10.6. The van der Waals surface area contributed by atoms with Gasteiger partial charge in [0.15, 0.2) is 0 Å². The summed E-state index contributed by atoms with van der Waals surface area (Å²) in [6, 6.07) is 7.27. The van der Waals surface area contributed by atoms with Gasteiger partial charge >= 0.3 is 5.97 Å². The third-order valence-electron chi connectivity index (χ3n) is 2.51. The van der Waals surface area contributed by atoms with E-state index in [4.69, 9.17) is 5.11 Å². The number of aryl methyl sites for hydroxylation is 1. The average molecular weight is 296 g/mol. The van der Waals surface area contributed by atoms with Crippen molar-refractivity contribution in [1.82, 2.24) is 4.57 Å². The van der Waals surface area contributed by atoms with Crippen molar-refractivity contribution in [3.05, 3.63) is 45.3 Å². The first-order valence-electron chi connectivity index (χ1n) is 5.08. The van der Waals surface area contributed by atoms with Crippen LogP contribution in [-0.2, 0) is 11.3 Å². The number of halogens is 1. The Morgan fingerprint density at radius 2 is 2.12 bits per heavy atom. The highest BCUT2D eigenvalue weighted by Gasteiger charge is 2.04. The smallest absolute Gasteiger partial charge is 0.305 e. The fourth-order valence-corrected chi connectivity index (χ4v) is 2.00. The van der Waals surface area contributed by atoms with Crippen LogP contribution < -0.4 is 5.56 Å². The Bertz CT molecular complexity index is 633. The molecule has 0 aliphatic heterocycles. The maximum Gasteiger partial charge on any atom is 0.305 e. The molecule has 0 bridgehead atoms. The number of hydrogen-bond acceptors (Lipinski definition) is 2. The monoisotopic (exact) mass is 295 g/mol. The number of fused-ring (bicyclic) bond motifs is 1. The van der Waals surface area contributed by atoms with Crippen molar-refractivity contribution in [1.29, 1.82) is 0 Å². The summed E-state index contributed by atoms with van der Waals surface area (Å²) in [5, 5.41) is 10.0. The molecule has 0 saturated carbocycles. The number of carboxylic acid groups (broad SMARTS) is 1. The van der Waals surface area contributed by atoms with E-state index in [1.165, 1.54) is 4.57 Å². The van der Waals surface area contributed by atoms with Gasteiger partial charge in [-0.2, -0.15) is 0 Å². The second-order valence-electron chi connectivity index (χ2n) is 3.69. The van der Waals surface area contributed by atoms with Gasteiger partial charge in [0.25, 0.3) is 5.56 Å². The molecule has 0 spiro atoms. The van der Waals surface area contributed by atoms with Crippen molar-refractivity contribution in [2.75, 3.05) is 0 Å². The Labute approximate surface area is 106 Å². The van der Waals surface area contributed by atoms with Gasteiger partial charge < -0.3 is 9.67 Å². The molecule has 1 aromatic carbocycles. The molecule has 2 aromatic rings. The molecular weight excluding hydrogens is 286 g/mol. The van der Waals surface area contributed by atoms with Crippen LogP contribution in [0.25, 0.3) is 10.8 Å². The van der Waals surface area contributed by atoms with Crippen molar-refractivity contribution >= 4 is 32.7 Å². The minimum atomic E-state index is -0.911. The van der Waals surface area contributed by atoms with E-state index in [-0.39, 0.29) is 18.5 Å². The van der Waals surface area contributed by atoms with E-state index in [0.717, 1.165) is 9.86 Å². The molecule has 2 rings (SSSR count). The number of rotatable bonds is 3. The van der Waals surface area contributed by atoms with Gasteiger partial charge in [-0.05, 0) is 23.6 Å². The van der Waals surface area contributed by atoms with Crippen LogP contribution in [0, 0.1) is 0 Å². The van der Waals surface area contributed by atoms with Crippen LogP contribution in [0.4, 0.5) is 0 Å². The lowest BCUT2D eigenvalue weighted by atomic mass is 10.2. The standard InChI is InChI=1S/C12H10BrNO3/c13-9-2-1-8-3-5-14(6-4-11(15)16)12(17)10(8)7-9/h1-3,5,7H,4,6H2,(H,15,16). The lowest BCUT2D eigenvalue weighted by Gasteiger charge is -2.05. The third-order valence-corrected chi connectivity index (χ3v) is 3.00. The average Bonchev–Trinajstić information content (AvgIpc) is 2.29. The van der Waals surface area contributed by atoms with Crippen LogP contribution in [0.15, 0.2) is 39.7 Å². The van der Waals surface area contributed by atoms with Gasteiger partial charge in [0.2, 0.25) is 0 Å². The summed E-state index contributed by atoms with van der Waals surface area (Å²) in [4.78, 5) is 22.5. The van der Waals surface area contributed by atoms with Gasteiger partial charge in [0.1, 0.15) is 0 Å². The highest BCUT2D eigenvalue weighted by Crippen LogP contribution is 2.16. The number of carboxylic acids is 1. The van der Waals surface area contributed by atoms with Crippen molar-refractivity contribution in [2.24, 2.45) is 0 Å². The largest absolute Gasteiger partial charge is 0.481 e. The van der Waals surface area contributed by atoms with Crippen molar-refractivity contribution < 1.29 is 9.90 Å². The summed E-state index contributed by atoms with van der Waals surface area (Å²) >= 11 is 3.31. The Kier molecular flexibility index (Phi) is 3.28. The Hall–Kier alpha value is -1.62. The summed E-state index contributed by atoms with van der Waals surface area (Å²) in [5.41, 5.74) is -0.162. The fraction of sp³-hybridized carbons (Fsp3) is 0.167. The summed E-state index contributed by atoms with van der Waals surface area (Å²) in [6.07, 6.45) is 1.57. The number of carbonyl (C=O) groups is 1. The molecule has 0 atom stereocenters. The second kappa shape index (κ2) is 4.71. The zero-order valence-electron chi connectivity index (χ0n) is 8.89. The molecule has 0 unspecified atom stereocenters. The molecule has 4 nitrogen and oxygen atoms in total. The number of aliphatic carboxylic acids is 1. The quantitative estimate of drug-likeness (QED) is 0.945. The molecule has 0 aliphatic rings. The molecule has 88 valence electrons. The van der Waals surface area contributed by atoms with E-state index in [1.807, 2.05) is 18.2 Å². The predicted molar refractivity (Wildman–Crippen MR) is 68.2 cm³/mol. The summed E-state index contributed by atoms with van der Waals surface area (Å²) in [7, 11) is 0. The van der Waals surface area contributed by atoms with Gasteiger partial charge in [-0.3, -0.25) is 9.59 Å². The van der Waals surface area contributed by atoms with E-state index < -0.39 is 5.97 Å². The molecule has 1 heterocycles. The second-order valence-corrected chi connectivity index (χ2v) is 4.61. The molecule has 5 heteroatoms. The first-order chi connectivity index (χ1) is 8.08. The molecule has 0 fully saturated rings. The van der Waals surface area contributed by atoms with Crippen LogP contribution >= 0.6 is 15.9 Å². The molecule has 1 N–H and O–H groups in total. The molecule has 0 amide bonds. The van der Waals surface area contributed by atoms with Gasteiger partial charge in [0, 0.05) is 22.6 Å². The minimum absolute atomic E-state index is 0.0561. The molecular formula is C12H10BrNO3. The fourth-order valence-electron chi connectivity index (χ4n) is 1.64. The number of aromatic nitrogens is 1. The summed E-state index contributed by atoms with van der Waals surface area (Å²) in [5.74, 6) is -0.911. The van der Waals surface area contributed by atoms with Crippen LogP contribution in [-0.4, -0.2) is 15.6 Å². The van der Waals surface area contributed by atoms with E-state index in [0.29, 0.717) is 5.39 Å². The summed E-state index contributed by atoms with van der Waals surface area (Å²) in [6.45, 7) is 0.191. The van der Waals surface area contributed by atoms with Crippen LogP contribution in [0.1, 0.15) is 6.42 Å². The number of benzene rings is 1. The highest BCUT2D eigenvalue weighted by atomic mass is 79.9. The van der Waals surface area contributed by atoms with Crippen LogP contribution in [0.3, 0.4) is 0 Å². The zero-order valence-corrected chi connectivity index (χ0v) is 10.5. The number of nitrogens with zero attached hydrogens (tertiary/aromatic N) is 1. The van der Waals surface area contributed by atoms with Gasteiger partial charge in [-0.25, -0.2) is 0 Å². The van der Waals surface area contributed by atoms with E-state index >= 15 is 0 Å². The van der Waals surface area contributed by atoms with Crippen molar-refractivity contribution in [2.45, 2.75) is 13.0 Å². The molecule has 0 radical (unpaired) electrons. The highest BCUT2D eigenvalue weighted by molar-refractivity contribution is 9.10. The van der Waals surface area contributed by atoms with Gasteiger partial charge in [-0.15, -0.1) is 0 Å². The summed E-state index contributed by atoms with van der Waals surface area (Å²) < 4.78 is 2.25. The first-order valence-corrected chi connectivity index (χ1v) is 5.88. The number of hydrogen-bond donors (Lipinski definition) is 1. The Balaban J connectivity index is 2.49. The van der Waals surface area contributed by atoms with Gasteiger partial charge in [0.05, 0.1) is 6.42 Å². The van der Waals surface area contributed by atoms with Crippen LogP contribution in [0.5, 0.6) is 0 Å². The topological polar surface area (TPSA) is 59.3 Å². The Morgan fingerprint density at radius 3 is 2.82 bits per heavy atom. The maximum atomic E-state index is 12.0. The molecule has 17 heavy (non-hydrogen) atoms. The predicted octanol–water partition coefficient (Wildman–Crippen LogP) is 2.24. The molecule has 1 aromatic heterocycles. The van der Waals surface area contributed by atoms with Gasteiger partial charge in [-0.1, -0.05) is 22.0 Å². The lowest BCUT2D eigenvalue weighted by Crippen LogP contribution is -2.20. The lowest BCUT2D eigenvalue weighted by molar-refractivity contribution is -0.137. The Morgan fingerprint density at radius 1 is 1.35 bits per heavy atom. The zero-order chi connectivity index (χ0) is 12.4. The first kappa shape index (κ1) is 11.9. The molecule has 0 aliphatic carbocycles. The van der Waals surface area contributed by atoms with E-state index in [1.54, 1.807) is 12.3 Å². The molecule has 0 saturated heterocycles. The van der Waals surface area contributed by atoms with Crippen molar-refractivity contribution in [3.8, 4) is 0 Å².